The quantitative estimate of drug-likeness (QED) is 0.805. The Balaban J connectivity index is 1.42. The average molecular weight is 401 g/mol. The molecule has 0 aromatic heterocycles. The number of benzene rings is 2. The van der Waals surface area contributed by atoms with Gasteiger partial charge in [0.2, 0.25) is 10.0 Å². The largest absolute Gasteiger partial charge is 0.415 e. The molecule has 1 saturated heterocycles. The summed E-state index contributed by atoms with van der Waals surface area (Å²) in [5.74, 6) is 0.716. The summed E-state index contributed by atoms with van der Waals surface area (Å²) in [5, 5.41) is 1.19. The third-order valence-corrected chi connectivity index (χ3v) is 5.70. The minimum atomic E-state index is -3.49. The fourth-order valence-electron chi connectivity index (χ4n) is 2.99. The SMILES string of the molecule is O=C(Oc1ccccc1)N1CCC(CNS(=O)(=O)/C=C/c2ccccc2)CC1. The summed E-state index contributed by atoms with van der Waals surface area (Å²) in [5.41, 5.74) is 0.832. The Morgan fingerprint density at radius 2 is 1.64 bits per heavy atom. The van der Waals surface area contributed by atoms with Crippen LogP contribution in [0.5, 0.6) is 5.75 Å². The summed E-state index contributed by atoms with van der Waals surface area (Å²) in [4.78, 5) is 13.9. The number of rotatable bonds is 6. The summed E-state index contributed by atoms with van der Waals surface area (Å²) >= 11 is 0. The van der Waals surface area contributed by atoms with E-state index >= 15 is 0 Å². The van der Waals surface area contributed by atoms with Crippen molar-refractivity contribution < 1.29 is 17.9 Å². The highest BCUT2D eigenvalue weighted by atomic mass is 32.2. The number of nitrogens with zero attached hydrogens (tertiary/aromatic N) is 1. The number of likely N-dealkylation sites (tertiary alicyclic amines) is 1. The topological polar surface area (TPSA) is 75.7 Å². The number of ether oxygens (including phenoxy) is 1. The predicted molar refractivity (Wildman–Crippen MR) is 109 cm³/mol. The van der Waals surface area contributed by atoms with Crippen LogP contribution in [0.3, 0.4) is 0 Å². The van der Waals surface area contributed by atoms with Gasteiger partial charge in [0.15, 0.2) is 0 Å². The molecule has 1 fully saturated rings. The van der Waals surface area contributed by atoms with E-state index in [0.29, 0.717) is 25.4 Å². The predicted octanol–water partition coefficient (Wildman–Crippen LogP) is 3.49. The third-order valence-electron chi connectivity index (χ3n) is 4.63. The summed E-state index contributed by atoms with van der Waals surface area (Å²) in [6.45, 7) is 1.47. The number of hydrogen-bond acceptors (Lipinski definition) is 4. The van der Waals surface area contributed by atoms with Crippen molar-refractivity contribution in [3.05, 3.63) is 71.6 Å². The maximum absolute atomic E-state index is 12.2. The molecular formula is C21H24N2O4S. The molecule has 28 heavy (non-hydrogen) atoms. The van der Waals surface area contributed by atoms with Crippen LogP contribution in [0.1, 0.15) is 18.4 Å². The van der Waals surface area contributed by atoms with Crippen LogP contribution < -0.4 is 9.46 Å². The molecule has 0 bridgehead atoms. The van der Waals surface area contributed by atoms with Crippen molar-refractivity contribution in [3.63, 3.8) is 0 Å². The molecule has 0 aliphatic carbocycles. The second kappa shape index (κ2) is 9.52. The first-order valence-corrected chi connectivity index (χ1v) is 10.8. The van der Waals surface area contributed by atoms with Gasteiger partial charge < -0.3 is 9.64 Å². The lowest BCUT2D eigenvalue weighted by atomic mass is 9.97. The normalized spacial score (nSPS) is 15.6. The first-order chi connectivity index (χ1) is 13.5. The number of carbonyl (C=O) groups excluding carboxylic acids is 1. The van der Waals surface area contributed by atoms with Crippen LogP contribution in [0.25, 0.3) is 6.08 Å². The lowest BCUT2D eigenvalue weighted by molar-refractivity contribution is 0.131. The van der Waals surface area contributed by atoms with Crippen molar-refractivity contribution in [3.8, 4) is 5.75 Å². The van der Waals surface area contributed by atoms with Gasteiger partial charge in [-0.05, 0) is 42.5 Å². The zero-order valence-corrected chi connectivity index (χ0v) is 16.3. The minimum Gasteiger partial charge on any atom is -0.410 e. The first-order valence-electron chi connectivity index (χ1n) is 9.26. The van der Waals surface area contributed by atoms with E-state index in [9.17, 15) is 13.2 Å². The van der Waals surface area contributed by atoms with Gasteiger partial charge in [0.25, 0.3) is 0 Å². The molecule has 0 atom stereocenters. The Labute approximate surface area is 165 Å². The second-order valence-electron chi connectivity index (χ2n) is 6.72. The van der Waals surface area contributed by atoms with Crippen LogP contribution in [0.2, 0.25) is 0 Å². The van der Waals surface area contributed by atoms with Gasteiger partial charge in [-0.3, -0.25) is 0 Å². The Bertz CT molecular complexity index is 891. The lowest BCUT2D eigenvalue weighted by Crippen LogP contribution is -2.42. The Kier molecular flexibility index (Phi) is 6.84. The molecule has 148 valence electrons. The van der Waals surface area contributed by atoms with Crippen LogP contribution in [0.15, 0.2) is 66.1 Å². The molecule has 0 radical (unpaired) electrons. The van der Waals surface area contributed by atoms with Crippen LogP contribution in [0, 0.1) is 5.92 Å². The zero-order chi connectivity index (χ0) is 19.8. The van der Waals surface area contributed by atoms with E-state index < -0.39 is 10.0 Å². The van der Waals surface area contributed by atoms with Gasteiger partial charge in [0.05, 0.1) is 0 Å². The molecule has 1 N–H and O–H groups in total. The molecule has 1 aliphatic heterocycles. The van der Waals surface area contributed by atoms with Crippen LogP contribution >= 0.6 is 0 Å². The number of hydrogen-bond donors (Lipinski definition) is 1. The number of carbonyl (C=O) groups is 1. The Hall–Kier alpha value is -2.64. The number of amides is 1. The maximum Gasteiger partial charge on any atom is 0.415 e. The van der Waals surface area contributed by atoms with E-state index in [1.165, 1.54) is 5.41 Å². The van der Waals surface area contributed by atoms with Gasteiger partial charge in [0.1, 0.15) is 5.75 Å². The van der Waals surface area contributed by atoms with Crippen molar-refractivity contribution in [2.45, 2.75) is 12.8 Å². The molecule has 1 heterocycles. The molecule has 3 rings (SSSR count). The number of nitrogens with one attached hydrogen (secondary N) is 1. The third kappa shape index (κ3) is 6.21. The van der Waals surface area contributed by atoms with E-state index in [-0.39, 0.29) is 12.0 Å². The second-order valence-corrected chi connectivity index (χ2v) is 8.37. The van der Waals surface area contributed by atoms with Gasteiger partial charge in [0, 0.05) is 25.0 Å². The van der Waals surface area contributed by atoms with E-state index in [1.54, 1.807) is 23.1 Å². The van der Waals surface area contributed by atoms with Gasteiger partial charge in [-0.15, -0.1) is 0 Å². The molecule has 2 aromatic rings. The van der Waals surface area contributed by atoms with E-state index in [1.807, 2.05) is 48.5 Å². The van der Waals surface area contributed by atoms with Crippen LogP contribution in [0.4, 0.5) is 4.79 Å². The molecule has 1 aliphatic rings. The van der Waals surface area contributed by atoms with Crippen LogP contribution in [-0.4, -0.2) is 39.0 Å². The summed E-state index contributed by atoms with van der Waals surface area (Å²) in [6, 6.07) is 18.2. The first kappa shape index (κ1) is 20.1. The highest BCUT2D eigenvalue weighted by Crippen LogP contribution is 2.19. The Morgan fingerprint density at radius 1 is 1.04 bits per heavy atom. The highest BCUT2D eigenvalue weighted by molar-refractivity contribution is 7.92. The summed E-state index contributed by atoms with van der Waals surface area (Å²) < 4.78 is 32.3. The van der Waals surface area contributed by atoms with E-state index in [0.717, 1.165) is 18.4 Å². The summed E-state index contributed by atoms with van der Waals surface area (Å²) in [6.07, 6.45) is 2.67. The fraction of sp³-hybridized carbons (Fsp3) is 0.286. The standard InChI is InChI=1S/C21H24N2O4S/c24-21(27-20-9-5-2-6-10-20)23-14-11-19(12-15-23)17-22-28(25,26)16-13-18-7-3-1-4-8-18/h1-10,13,16,19,22H,11-12,14-15,17H2/b16-13+. The molecule has 6 nitrogen and oxygen atoms in total. The molecule has 7 heteroatoms. The van der Waals surface area contributed by atoms with Crippen LogP contribution in [-0.2, 0) is 10.0 Å². The molecule has 2 aromatic carbocycles. The maximum atomic E-state index is 12.2. The fourth-order valence-corrected chi connectivity index (χ4v) is 3.89. The molecule has 0 saturated carbocycles. The lowest BCUT2D eigenvalue weighted by Gasteiger charge is -2.31. The smallest absolute Gasteiger partial charge is 0.410 e. The number of sulfonamides is 1. The van der Waals surface area contributed by atoms with Gasteiger partial charge in [-0.2, -0.15) is 0 Å². The van der Waals surface area contributed by atoms with Crippen molar-refractivity contribution in [1.82, 2.24) is 9.62 Å². The van der Waals surface area contributed by atoms with Crippen molar-refractivity contribution in [1.29, 1.82) is 0 Å². The molecule has 1 amide bonds. The van der Waals surface area contributed by atoms with E-state index in [2.05, 4.69) is 4.72 Å². The highest BCUT2D eigenvalue weighted by Gasteiger charge is 2.24. The molecule has 0 spiro atoms. The van der Waals surface area contributed by atoms with E-state index in [4.69, 9.17) is 4.74 Å². The Morgan fingerprint density at radius 3 is 2.29 bits per heavy atom. The number of para-hydroxylation sites is 1. The van der Waals surface area contributed by atoms with Gasteiger partial charge in [-0.25, -0.2) is 17.9 Å². The summed E-state index contributed by atoms with van der Waals surface area (Å²) in [7, 11) is -3.49. The van der Waals surface area contributed by atoms with Crippen molar-refractivity contribution in [2.24, 2.45) is 5.92 Å². The molecule has 0 unspecified atom stereocenters. The average Bonchev–Trinajstić information content (AvgIpc) is 2.73. The zero-order valence-electron chi connectivity index (χ0n) is 15.5. The van der Waals surface area contributed by atoms with Gasteiger partial charge in [-0.1, -0.05) is 48.5 Å². The number of piperidine rings is 1. The molecular weight excluding hydrogens is 376 g/mol. The van der Waals surface area contributed by atoms with Crippen molar-refractivity contribution in [2.75, 3.05) is 19.6 Å². The minimum absolute atomic E-state index is 0.195. The van der Waals surface area contributed by atoms with Gasteiger partial charge >= 0.3 is 6.09 Å². The monoisotopic (exact) mass is 400 g/mol. The van der Waals surface area contributed by atoms with Crippen molar-refractivity contribution >= 4 is 22.2 Å².